The van der Waals surface area contributed by atoms with Crippen molar-refractivity contribution in [2.45, 2.75) is 92.0 Å². The van der Waals surface area contributed by atoms with E-state index in [4.69, 9.17) is 9.47 Å². The third-order valence-electron chi connectivity index (χ3n) is 6.45. The SMILES string of the molecule is CCOC(=O)CCNC(=O)C(c1c(C)cccc1C)N(C(=O)C(Cc1ccc(O)cc1)NC(=O)OC(C)(C)C)C(C)C. The summed E-state index contributed by atoms with van der Waals surface area (Å²) in [4.78, 5) is 54.5. The smallest absolute Gasteiger partial charge is 0.408 e. The van der Waals surface area contributed by atoms with Gasteiger partial charge in [-0.05, 0) is 89.8 Å². The van der Waals surface area contributed by atoms with E-state index < -0.39 is 47.6 Å². The molecule has 10 heteroatoms. The summed E-state index contributed by atoms with van der Waals surface area (Å²) in [6, 6.07) is 9.35. The first-order valence-electron chi connectivity index (χ1n) is 14.2. The number of esters is 1. The maximum Gasteiger partial charge on any atom is 0.408 e. The molecule has 2 aromatic carbocycles. The first-order chi connectivity index (χ1) is 19.6. The topological polar surface area (TPSA) is 134 Å². The van der Waals surface area contributed by atoms with Gasteiger partial charge >= 0.3 is 12.1 Å². The lowest BCUT2D eigenvalue weighted by Gasteiger charge is -2.38. The van der Waals surface area contributed by atoms with Crippen molar-refractivity contribution in [2.75, 3.05) is 13.2 Å². The molecule has 0 aliphatic carbocycles. The van der Waals surface area contributed by atoms with Crippen molar-refractivity contribution >= 4 is 23.9 Å². The molecule has 2 rings (SSSR count). The van der Waals surface area contributed by atoms with E-state index in [-0.39, 0.29) is 31.7 Å². The summed E-state index contributed by atoms with van der Waals surface area (Å²) in [6.45, 7) is 14.5. The summed E-state index contributed by atoms with van der Waals surface area (Å²) in [6.07, 6.45) is -0.699. The van der Waals surface area contributed by atoms with Gasteiger partial charge in [0.25, 0.3) is 0 Å². The second-order valence-electron chi connectivity index (χ2n) is 11.5. The van der Waals surface area contributed by atoms with E-state index in [1.54, 1.807) is 53.7 Å². The minimum Gasteiger partial charge on any atom is -0.508 e. The summed E-state index contributed by atoms with van der Waals surface area (Å²) in [5.74, 6) is -1.31. The van der Waals surface area contributed by atoms with Crippen LogP contribution in [0.1, 0.15) is 76.3 Å². The molecule has 0 aliphatic heterocycles. The molecule has 3 N–H and O–H groups in total. The molecule has 0 saturated carbocycles. The molecular formula is C32H45N3O7. The third-order valence-corrected chi connectivity index (χ3v) is 6.45. The lowest BCUT2D eigenvalue weighted by Crippen LogP contribution is -2.56. The molecule has 0 saturated heterocycles. The number of phenolic OH excluding ortho intramolecular Hbond substituents is 1. The quantitative estimate of drug-likeness (QED) is 0.314. The highest BCUT2D eigenvalue weighted by Gasteiger charge is 2.39. The van der Waals surface area contributed by atoms with Gasteiger partial charge in [0.1, 0.15) is 23.4 Å². The van der Waals surface area contributed by atoms with Gasteiger partial charge in [0, 0.05) is 19.0 Å². The summed E-state index contributed by atoms with van der Waals surface area (Å²) >= 11 is 0. The number of benzene rings is 2. The first-order valence-corrected chi connectivity index (χ1v) is 14.2. The Kier molecular flexibility index (Phi) is 12.4. The van der Waals surface area contributed by atoms with Gasteiger partial charge in [0.2, 0.25) is 11.8 Å². The molecule has 0 bridgehead atoms. The molecule has 0 aromatic heterocycles. The standard InChI is InChI=1S/C32H45N3O7/c1-9-41-26(37)17-18-33-29(38)28(27-21(4)11-10-12-22(27)5)35(20(2)3)30(39)25(34-31(40)42-32(6,7)8)19-23-13-15-24(36)16-14-23/h10-16,20,25,28,36H,9,17-19H2,1-8H3,(H,33,38)(H,34,40). The molecule has 10 nitrogen and oxygen atoms in total. The molecule has 2 unspecified atom stereocenters. The number of carbonyl (C=O) groups is 4. The largest absolute Gasteiger partial charge is 0.508 e. The average Bonchev–Trinajstić information content (AvgIpc) is 2.87. The number of alkyl carbamates (subject to hydrolysis) is 1. The van der Waals surface area contributed by atoms with Gasteiger partial charge in [-0.15, -0.1) is 0 Å². The minimum atomic E-state index is -1.09. The van der Waals surface area contributed by atoms with Crippen LogP contribution in [0.2, 0.25) is 0 Å². The average molecular weight is 584 g/mol. The van der Waals surface area contributed by atoms with Crippen LogP contribution in [0.4, 0.5) is 4.79 Å². The van der Waals surface area contributed by atoms with Crippen molar-refractivity contribution in [3.63, 3.8) is 0 Å². The summed E-state index contributed by atoms with van der Waals surface area (Å²) in [5, 5.41) is 15.3. The second kappa shape index (κ2) is 15.2. The number of hydrogen-bond acceptors (Lipinski definition) is 7. The highest BCUT2D eigenvalue weighted by molar-refractivity contribution is 5.93. The van der Waals surface area contributed by atoms with E-state index in [0.717, 1.165) is 11.1 Å². The molecule has 2 aromatic rings. The van der Waals surface area contributed by atoms with Crippen molar-refractivity contribution in [2.24, 2.45) is 0 Å². The van der Waals surface area contributed by atoms with Crippen LogP contribution in [-0.4, -0.2) is 64.7 Å². The maximum atomic E-state index is 14.4. The molecule has 3 amide bonds. The number of aryl methyl sites for hydroxylation is 2. The number of phenols is 1. The van der Waals surface area contributed by atoms with Crippen LogP contribution in [-0.2, 0) is 30.3 Å². The summed E-state index contributed by atoms with van der Waals surface area (Å²) in [7, 11) is 0. The lowest BCUT2D eigenvalue weighted by molar-refractivity contribution is -0.145. The van der Waals surface area contributed by atoms with Gasteiger partial charge in [-0.2, -0.15) is 0 Å². The van der Waals surface area contributed by atoms with E-state index in [1.165, 1.54) is 17.0 Å². The summed E-state index contributed by atoms with van der Waals surface area (Å²) in [5.41, 5.74) is 2.18. The second-order valence-corrected chi connectivity index (χ2v) is 11.5. The fourth-order valence-electron chi connectivity index (χ4n) is 4.65. The maximum absolute atomic E-state index is 14.4. The monoisotopic (exact) mass is 583 g/mol. The van der Waals surface area contributed by atoms with Crippen LogP contribution in [0.15, 0.2) is 42.5 Å². The zero-order valence-electron chi connectivity index (χ0n) is 25.9. The minimum absolute atomic E-state index is 0.0155. The lowest BCUT2D eigenvalue weighted by atomic mass is 9.92. The molecule has 230 valence electrons. The normalized spacial score (nSPS) is 12.7. The van der Waals surface area contributed by atoms with Crippen LogP contribution in [0.3, 0.4) is 0 Å². The molecule has 0 radical (unpaired) electrons. The predicted molar refractivity (Wildman–Crippen MR) is 160 cm³/mol. The Balaban J connectivity index is 2.55. The van der Waals surface area contributed by atoms with E-state index in [1.807, 2.05) is 32.0 Å². The number of hydrogen-bond donors (Lipinski definition) is 3. The Morgan fingerprint density at radius 3 is 2.10 bits per heavy atom. The fourth-order valence-corrected chi connectivity index (χ4v) is 4.65. The fraction of sp³-hybridized carbons (Fsp3) is 0.500. The molecule has 0 aliphatic rings. The van der Waals surface area contributed by atoms with E-state index in [0.29, 0.717) is 11.1 Å². The Labute approximate surface area is 248 Å². The molecule has 2 atom stereocenters. The number of amides is 3. The van der Waals surface area contributed by atoms with Crippen LogP contribution in [0.5, 0.6) is 5.75 Å². The van der Waals surface area contributed by atoms with Crippen molar-refractivity contribution in [1.29, 1.82) is 0 Å². The number of rotatable bonds is 12. The van der Waals surface area contributed by atoms with Gasteiger partial charge < -0.3 is 30.1 Å². The van der Waals surface area contributed by atoms with Gasteiger partial charge in [-0.3, -0.25) is 14.4 Å². The molecular weight excluding hydrogens is 538 g/mol. The van der Waals surface area contributed by atoms with Gasteiger partial charge in [0.15, 0.2) is 0 Å². The molecule has 0 heterocycles. The van der Waals surface area contributed by atoms with Gasteiger partial charge in [-0.1, -0.05) is 30.3 Å². The zero-order valence-corrected chi connectivity index (χ0v) is 25.9. The van der Waals surface area contributed by atoms with Crippen LogP contribution in [0.25, 0.3) is 0 Å². The first kappa shape index (κ1) is 34.1. The number of ether oxygens (including phenoxy) is 2. The number of nitrogens with one attached hydrogen (secondary N) is 2. The Morgan fingerprint density at radius 2 is 1.57 bits per heavy atom. The number of aromatic hydroxyl groups is 1. The number of carbonyl (C=O) groups excluding carboxylic acids is 4. The third kappa shape index (κ3) is 10.1. The van der Waals surface area contributed by atoms with E-state index >= 15 is 0 Å². The Morgan fingerprint density at radius 1 is 0.976 bits per heavy atom. The highest BCUT2D eigenvalue weighted by atomic mass is 16.6. The zero-order chi connectivity index (χ0) is 31.6. The van der Waals surface area contributed by atoms with Crippen molar-refractivity contribution in [3.05, 3.63) is 64.7 Å². The molecule has 0 spiro atoms. The predicted octanol–water partition coefficient (Wildman–Crippen LogP) is 4.49. The van der Waals surface area contributed by atoms with Crippen molar-refractivity contribution in [1.82, 2.24) is 15.5 Å². The Hall–Kier alpha value is -4.08. The Bertz CT molecular complexity index is 1220. The van der Waals surface area contributed by atoms with E-state index in [2.05, 4.69) is 10.6 Å². The summed E-state index contributed by atoms with van der Waals surface area (Å²) < 4.78 is 10.4. The van der Waals surface area contributed by atoms with Crippen LogP contribution in [0, 0.1) is 13.8 Å². The van der Waals surface area contributed by atoms with Gasteiger partial charge in [0.05, 0.1) is 13.0 Å². The van der Waals surface area contributed by atoms with Crippen LogP contribution >= 0.6 is 0 Å². The molecule has 42 heavy (non-hydrogen) atoms. The number of nitrogens with zero attached hydrogens (tertiary/aromatic N) is 1. The molecule has 0 fully saturated rings. The highest BCUT2D eigenvalue weighted by Crippen LogP contribution is 2.30. The van der Waals surface area contributed by atoms with Gasteiger partial charge in [-0.25, -0.2) is 4.79 Å². The van der Waals surface area contributed by atoms with Crippen LogP contribution < -0.4 is 10.6 Å². The van der Waals surface area contributed by atoms with Crippen molar-refractivity contribution in [3.8, 4) is 5.75 Å². The van der Waals surface area contributed by atoms with Crippen molar-refractivity contribution < 1.29 is 33.8 Å². The van der Waals surface area contributed by atoms with E-state index in [9.17, 15) is 24.3 Å².